The van der Waals surface area contributed by atoms with E-state index in [4.69, 9.17) is 0 Å². The lowest BCUT2D eigenvalue weighted by Crippen LogP contribution is -1.91. The third kappa shape index (κ3) is 1.23. The molecule has 2 heterocycles. The van der Waals surface area contributed by atoms with E-state index >= 15 is 0 Å². The number of hydrogen-bond donors (Lipinski definition) is 0. The molecule has 0 saturated heterocycles. The lowest BCUT2D eigenvalue weighted by molar-refractivity contribution is 0.743. The number of thioether (sulfide) groups is 1. The molecule has 0 spiro atoms. The molecule has 1 aromatic carbocycles. The Morgan fingerprint density at radius 3 is 3.08 bits per heavy atom. The van der Waals surface area contributed by atoms with Crippen LogP contribution in [0.2, 0.25) is 0 Å². The van der Waals surface area contributed by atoms with Crippen LogP contribution in [-0.2, 0) is 6.54 Å². The van der Waals surface area contributed by atoms with E-state index in [1.807, 2.05) is 17.8 Å². The number of fused-ring (bicyclic) bond motifs is 3. The van der Waals surface area contributed by atoms with Gasteiger partial charge in [-0.05, 0) is 12.1 Å². The van der Waals surface area contributed by atoms with Crippen molar-refractivity contribution >= 4 is 35.2 Å². The van der Waals surface area contributed by atoms with E-state index in [1.54, 1.807) is 0 Å². The fraction of sp³-hybridized carbons (Fsp3) is 0.222. The van der Waals surface area contributed by atoms with E-state index in [0.29, 0.717) is 0 Å². The summed E-state index contributed by atoms with van der Waals surface area (Å²) in [5, 5.41) is 1.18. The number of halogens is 1. The van der Waals surface area contributed by atoms with Gasteiger partial charge in [0.05, 0.1) is 11.0 Å². The molecule has 0 saturated carbocycles. The quantitative estimate of drug-likeness (QED) is 0.668. The first-order valence-corrected chi connectivity index (χ1v) is 5.02. The van der Waals surface area contributed by atoms with E-state index in [9.17, 15) is 0 Å². The zero-order valence-corrected chi connectivity index (χ0v) is 8.57. The van der Waals surface area contributed by atoms with Gasteiger partial charge in [0.2, 0.25) is 0 Å². The molecule has 1 aliphatic rings. The van der Waals surface area contributed by atoms with Gasteiger partial charge in [0.1, 0.15) is 0 Å². The first-order chi connectivity index (χ1) is 5.95. The summed E-state index contributed by atoms with van der Waals surface area (Å²) >= 11 is 1.85. The summed E-state index contributed by atoms with van der Waals surface area (Å²) in [6, 6.07) is 8.31. The largest absolute Gasteiger partial charge is 0.318 e. The maximum atomic E-state index is 4.52. The number of aryl methyl sites for hydroxylation is 1. The maximum Gasteiger partial charge on any atom is 0.169 e. The van der Waals surface area contributed by atoms with Gasteiger partial charge in [-0.25, -0.2) is 4.98 Å². The molecule has 0 N–H and O–H groups in total. The van der Waals surface area contributed by atoms with Crippen LogP contribution < -0.4 is 0 Å². The lowest BCUT2D eigenvalue weighted by atomic mass is 10.3. The summed E-state index contributed by atoms with van der Waals surface area (Å²) < 4.78 is 2.29. The average molecular weight is 213 g/mol. The molecule has 0 atom stereocenters. The van der Waals surface area contributed by atoms with E-state index < -0.39 is 0 Å². The van der Waals surface area contributed by atoms with Gasteiger partial charge in [-0.3, -0.25) is 0 Å². The summed E-state index contributed by atoms with van der Waals surface area (Å²) in [5.74, 6) is 1.17. The Balaban J connectivity index is 0.000000653. The van der Waals surface area contributed by atoms with E-state index in [0.717, 1.165) is 12.1 Å². The van der Waals surface area contributed by atoms with Crippen LogP contribution in [-0.4, -0.2) is 15.3 Å². The van der Waals surface area contributed by atoms with Crippen molar-refractivity contribution in [2.24, 2.45) is 0 Å². The van der Waals surface area contributed by atoms with Gasteiger partial charge in [0.15, 0.2) is 5.16 Å². The minimum Gasteiger partial charge on any atom is -0.318 e. The van der Waals surface area contributed by atoms with Crippen molar-refractivity contribution in [3.05, 3.63) is 24.3 Å². The Labute approximate surface area is 86.8 Å². The van der Waals surface area contributed by atoms with Crippen LogP contribution in [0, 0.1) is 0 Å². The highest BCUT2D eigenvalue weighted by atomic mass is 35.5. The Morgan fingerprint density at radius 1 is 1.31 bits per heavy atom. The number of imidazole rings is 1. The molecular formula is C9H9ClN2S. The molecule has 3 rings (SSSR count). The minimum absolute atomic E-state index is 0. The Bertz CT molecular complexity index is 438. The van der Waals surface area contributed by atoms with Crippen molar-refractivity contribution in [1.29, 1.82) is 0 Å². The van der Waals surface area contributed by atoms with Crippen molar-refractivity contribution in [1.82, 2.24) is 9.55 Å². The molecule has 1 aromatic heterocycles. The van der Waals surface area contributed by atoms with Crippen LogP contribution in [0.15, 0.2) is 29.4 Å². The number of benzene rings is 1. The number of hydrogen-bond acceptors (Lipinski definition) is 2. The lowest BCUT2D eigenvalue weighted by Gasteiger charge is -1.94. The molecular weight excluding hydrogens is 204 g/mol. The Hall–Kier alpha value is -0.670. The molecule has 0 radical (unpaired) electrons. The highest BCUT2D eigenvalue weighted by Crippen LogP contribution is 2.29. The number of nitrogens with zero attached hydrogens (tertiary/aromatic N) is 2. The van der Waals surface area contributed by atoms with Crippen LogP contribution in [0.25, 0.3) is 11.0 Å². The van der Waals surface area contributed by atoms with Crippen molar-refractivity contribution in [2.45, 2.75) is 11.7 Å². The Kier molecular flexibility index (Phi) is 2.22. The fourth-order valence-corrected chi connectivity index (χ4v) is 2.57. The predicted octanol–water partition coefficient (Wildman–Crippen LogP) is 2.56. The third-order valence-electron chi connectivity index (χ3n) is 2.17. The van der Waals surface area contributed by atoms with Crippen molar-refractivity contribution < 1.29 is 0 Å². The number of rotatable bonds is 0. The summed E-state index contributed by atoms with van der Waals surface area (Å²) in [6.45, 7) is 1.11. The number of para-hydroxylation sites is 2. The third-order valence-corrected chi connectivity index (χ3v) is 3.12. The average Bonchev–Trinajstić information content (AvgIpc) is 2.62. The molecule has 0 fully saturated rings. The van der Waals surface area contributed by atoms with Gasteiger partial charge in [-0.2, -0.15) is 0 Å². The molecule has 0 aliphatic carbocycles. The summed E-state index contributed by atoms with van der Waals surface area (Å²) in [7, 11) is 0. The second-order valence-electron chi connectivity index (χ2n) is 2.88. The highest BCUT2D eigenvalue weighted by molar-refractivity contribution is 7.99. The second-order valence-corrected chi connectivity index (χ2v) is 3.95. The molecule has 0 unspecified atom stereocenters. The number of aromatic nitrogens is 2. The standard InChI is InChI=1S/C9H8N2S.ClH/c1-2-4-8-7(3-1)10-9-11(8)5-6-12-9;/h1-4H,5-6H2;1H. The van der Waals surface area contributed by atoms with Crippen LogP contribution in [0.5, 0.6) is 0 Å². The molecule has 68 valence electrons. The normalized spacial score (nSPS) is 14.2. The van der Waals surface area contributed by atoms with E-state index in [1.165, 1.54) is 16.4 Å². The van der Waals surface area contributed by atoms with Gasteiger partial charge in [-0.1, -0.05) is 23.9 Å². The summed E-state index contributed by atoms with van der Waals surface area (Å²) in [5.41, 5.74) is 2.40. The van der Waals surface area contributed by atoms with Crippen LogP contribution in [0.4, 0.5) is 0 Å². The molecule has 2 aromatic rings. The van der Waals surface area contributed by atoms with Crippen LogP contribution >= 0.6 is 24.2 Å². The van der Waals surface area contributed by atoms with Crippen molar-refractivity contribution in [3.63, 3.8) is 0 Å². The smallest absolute Gasteiger partial charge is 0.169 e. The molecule has 0 bridgehead atoms. The summed E-state index contributed by atoms with van der Waals surface area (Å²) in [4.78, 5) is 4.52. The summed E-state index contributed by atoms with van der Waals surface area (Å²) in [6.07, 6.45) is 0. The van der Waals surface area contributed by atoms with Gasteiger partial charge >= 0.3 is 0 Å². The minimum atomic E-state index is 0. The predicted molar refractivity (Wildman–Crippen MR) is 57.7 cm³/mol. The monoisotopic (exact) mass is 212 g/mol. The topological polar surface area (TPSA) is 17.8 Å². The SMILES string of the molecule is Cl.c1ccc2c(c1)nc1n2CCS1. The molecule has 0 amide bonds. The first kappa shape index (κ1) is 8.91. The molecule has 4 heteroatoms. The van der Waals surface area contributed by atoms with Crippen molar-refractivity contribution in [2.75, 3.05) is 5.75 Å². The fourth-order valence-electron chi connectivity index (χ4n) is 1.61. The van der Waals surface area contributed by atoms with Gasteiger partial charge < -0.3 is 4.57 Å². The molecule has 1 aliphatic heterocycles. The van der Waals surface area contributed by atoms with Gasteiger partial charge in [0.25, 0.3) is 0 Å². The van der Waals surface area contributed by atoms with E-state index in [2.05, 4.69) is 27.8 Å². The second kappa shape index (κ2) is 3.24. The van der Waals surface area contributed by atoms with Crippen molar-refractivity contribution in [3.8, 4) is 0 Å². The highest BCUT2D eigenvalue weighted by Gasteiger charge is 2.15. The maximum absolute atomic E-state index is 4.52. The zero-order chi connectivity index (χ0) is 7.97. The van der Waals surface area contributed by atoms with Crippen LogP contribution in [0.3, 0.4) is 0 Å². The first-order valence-electron chi connectivity index (χ1n) is 4.03. The zero-order valence-electron chi connectivity index (χ0n) is 6.93. The molecule has 2 nitrogen and oxygen atoms in total. The molecule has 13 heavy (non-hydrogen) atoms. The van der Waals surface area contributed by atoms with E-state index in [-0.39, 0.29) is 12.4 Å². The van der Waals surface area contributed by atoms with Gasteiger partial charge in [-0.15, -0.1) is 12.4 Å². The van der Waals surface area contributed by atoms with Gasteiger partial charge in [0, 0.05) is 12.3 Å². The van der Waals surface area contributed by atoms with Crippen LogP contribution in [0.1, 0.15) is 0 Å². The Morgan fingerprint density at radius 2 is 2.15 bits per heavy atom.